The average Bonchev–Trinajstić information content (AvgIpc) is 3.30. The van der Waals surface area contributed by atoms with Crippen molar-refractivity contribution < 1.29 is 0 Å². The Bertz CT molecular complexity index is 686. The molecule has 0 unspecified atom stereocenters. The van der Waals surface area contributed by atoms with Gasteiger partial charge in [-0.3, -0.25) is 0 Å². The molecule has 3 rings (SSSR count). The third-order valence-electron chi connectivity index (χ3n) is 4.39. The lowest BCUT2D eigenvalue weighted by Crippen LogP contribution is -2.36. The Kier molecular flexibility index (Phi) is 6.28. The standard InChI is InChI=1S/C19H27N5S/c1-3-20-19(23-14-17-15(2)8-11-25-17)22-13-16-6-7-18(21-12-16)24-9-4-5-10-24/h6-8,11-12H,3-5,9-10,13-14H2,1-2H3,(H2,20,22,23). The zero-order valence-electron chi connectivity index (χ0n) is 15.1. The molecule has 134 valence electrons. The number of anilines is 1. The summed E-state index contributed by atoms with van der Waals surface area (Å²) in [6, 6.07) is 6.40. The minimum Gasteiger partial charge on any atom is -0.357 e. The quantitative estimate of drug-likeness (QED) is 0.615. The van der Waals surface area contributed by atoms with Gasteiger partial charge in [0.05, 0.1) is 13.1 Å². The molecule has 2 N–H and O–H groups in total. The number of pyridine rings is 1. The van der Waals surface area contributed by atoms with Gasteiger partial charge in [-0.05, 0) is 55.3 Å². The van der Waals surface area contributed by atoms with Gasteiger partial charge in [-0.2, -0.15) is 0 Å². The highest BCUT2D eigenvalue weighted by Gasteiger charge is 2.12. The SMILES string of the molecule is CCNC(=NCc1ccc(N2CCCC2)nc1)NCc1sccc1C. The Balaban J connectivity index is 1.57. The second kappa shape index (κ2) is 8.85. The van der Waals surface area contributed by atoms with Crippen molar-refractivity contribution in [3.63, 3.8) is 0 Å². The Morgan fingerprint density at radius 2 is 2.08 bits per heavy atom. The number of guanidine groups is 1. The van der Waals surface area contributed by atoms with Crippen LogP contribution in [0, 0.1) is 6.92 Å². The van der Waals surface area contributed by atoms with E-state index in [1.54, 1.807) is 11.3 Å². The molecule has 0 spiro atoms. The highest BCUT2D eigenvalue weighted by molar-refractivity contribution is 7.10. The minimum absolute atomic E-state index is 0.631. The Morgan fingerprint density at radius 3 is 2.72 bits per heavy atom. The Hall–Kier alpha value is -2.08. The van der Waals surface area contributed by atoms with Gasteiger partial charge in [0.25, 0.3) is 0 Å². The van der Waals surface area contributed by atoms with E-state index in [1.807, 2.05) is 6.20 Å². The number of nitrogens with zero attached hydrogens (tertiary/aromatic N) is 3. The van der Waals surface area contributed by atoms with Gasteiger partial charge < -0.3 is 15.5 Å². The maximum atomic E-state index is 4.69. The molecule has 0 radical (unpaired) electrons. The molecule has 3 heterocycles. The van der Waals surface area contributed by atoms with Crippen LogP contribution in [0.5, 0.6) is 0 Å². The maximum Gasteiger partial charge on any atom is 0.191 e. The van der Waals surface area contributed by atoms with E-state index in [9.17, 15) is 0 Å². The summed E-state index contributed by atoms with van der Waals surface area (Å²) in [5.74, 6) is 1.93. The van der Waals surface area contributed by atoms with E-state index in [-0.39, 0.29) is 0 Å². The van der Waals surface area contributed by atoms with Crippen LogP contribution in [-0.4, -0.2) is 30.6 Å². The molecule has 2 aromatic rings. The fraction of sp³-hybridized carbons (Fsp3) is 0.474. The van der Waals surface area contributed by atoms with Crippen molar-refractivity contribution in [2.24, 2.45) is 4.99 Å². The molecule has 0 amide bonds. The summed E-state index contributed by atoms with van der Waals surface area (Å²) in [5, 5.41) is 8.85. The normalized spacial score (nSPS) is 14.8. The van der Waals surface area contributed by atoms with Crippen molar-refractivity contribution in [3.8, 4) is 0 Å². The van der Waals surface area contributed by atoms with Crippen molar-refractivity contribution in [1.29, 1.82) is 0 Å². The van der Waals surface area contributed by atoms with Crippen molar-refractivity contribution in [1.82, 2.24) is 15.6 Å². The van der Waals surface area contributed by atoms with E-state index in [4.69, 9.17) is 0 Å². The average molecular weight is 358 g/mol. The molecule has 0 aliphatic carbocycles. The molecule has 0 bridgehead atoms. The summed E-state index contributed by atoms with van der Waals surface area (Å²) < 4.78 is 0. The van der Waals surface area contributed by atoms with Crippen LogP contribution in [0.15, 0.2) is 34.8 Å². The van der Waals surface area contributed by atoms with Gasteiger partial charge in [-0.1, -0.05) is 6.07 Å². The zero-order chi connectivity index (χ0) is 17.5. The van der Waals surface area contributed by atoms with E-state index in [0.717, 1.165) is 43.5 Å². The van der Waals surface area contributed by atoms with Crippen LogP contribution in [0.2, 0.25) is 0 Å². The molecule has 0 atom stereocenters. The van der Waals surface area contributed by atoms with Crippen LogP contribution >= 0.6 is 11.3 Å². The molecule has 25 heavy (non-hydrogen) atoms. The number of hydrogen-bond donors (Lipinski definition) is 2. The Labute approximate surface area is 154 Å². The van der Waals surface area contributed by atoms with Gasteiger partial charge in [-0.15, -0.1) is 11.3 Å². The first-order valence-corrected chi connectivity index (χ1v) is 9.89. The largest absolute Gasteiger partial charge is 0.357 e. The summed E-state index contributed by atoms with van der Waals surface area (Å²) in [6.45, 7) is 8.77. The smallest absolute Gasteiger partial charge is 0.191 e. The summed E-state index contributed by atoms with van der Waals surface area (Å²) in [5.41, 5.74) is 2.46. The van der Waals surface area contributed by atoms with Crippen LogP contribution in [0.25, 0.3) is 0 Å². The summed E-state index contributed by atoms with van der Waals surface area (Å²) >= 11 is 1.78. The topological polar surface area (TPSA) is 52.6 Å². The maximum absolute atomic E-state index is 4.69. The third-order valence-corrected chi connectivity index (χ3v) is 5.41. The van der Waals surface area contributed by atoms with E-state index in [2.05, 4.69) is 62.9 Å². The molecular formula is C19H27N5S. The van der Waals surface area contributed by atoms with Gasteiger partial charge in [0, 0.05) is 30.7 Å². The molecule has 0 aromatic carbocycles. The van der Waals surface area contributed by atoms with Gasteiger partial charge in [0.1, 0.15) is 5.82 Å². The summed E-state index contributed by atoms with van der Waals surface area (Å²) in [4.78, 5) is 13.0. The number of nitrogens with one attached hydrogen (secondary N) is 2. The van der Waals surface area contributed by atoms with Gasteiger partial charge in [0.2, 0.25) is 0 Å². The minimum atomic E-state index is 0.631. The number of aryl methyl sites for hydroxylation is 1. The molecule has 0 saturated carbocycles. The lowest BCUT2D eigenvalue weighted by Gasteiger charge is -2.16. The highest BCUT2D eigenvalue weighted by Crippen LogP contribution is 2.18. The van der Waals surface area contributed by atoms with Crippen LogP contribution in [0.1, 0.15) is 35.8 Å². The first-order valence-electron chi connectivity index (χ1n) is 9.01. The second-order valence-corrected chi connectivity index (χ2v) is 7.29. The van der Waals surface area contributed by atoms with Crippen molar-refractivity contribution in [3.05, 3.63) is 45.8 Å². The zero-order valence-corrected chi connectivity index (χ0v) is 15.9. The number of thiophene rings is 1. The van der Waals surface area contributed by atoms with E-state index in [1.165, 1.54) is 23.3 Å². The van der Waals surface area contributed by atoms with Crippen molar-refractivity contribution in [2.45, 2.75) is 39.8 Å². The molecule has 1 saturated heterocycles. The monoisotopic (exact) mass is 357 g/mol. The van der Waals surface area contributed by atoms with Crippen LogP contribution in [0.3, 0.4) is 0 Å². The molecule has 2 aromatic heterocycles. The predicted octanol–water partition coefficient (Wildman–Crippen LogP) is 3.31. The van der Waals surface area contributed by atoms with Gasteiger partial charge >= 0.3 is 0 Å². The van der Waals surface area contributed by atoms with Gasteiger partial charge in [0.15, 0.2) is 5.96 Å². The van der Waals surface area contributed by atoms with Gasteiger partial charge in [-0.25, -0.2) is 9.98 Å². The fourth-order valence-corrected chi connectivity index (χ4v) is 3.75. The molecule has 1 aliphatic heterocycles. The second-order valence-electron chi connectivity index (χ2n) is 6.29. The van der Waals surface area contributed by atoms with E-state index < -0.39 is 0 Å². The first-order chi connectivity index (χ1) is 12.3. The van der Waals surface area contributed by atoms with Crippen molar-refractivity contribution >= 4 is 23.1 Å². The predicted molar refractivity (Wildman–Crippen MR) is 106 cm³/mol. The summed E-state index contributed by atoms with van der Waals surface area (Å²) in [7, 11) is 0. The summed E-state index contributed by atoms with van der Waals surface area (Å²) in [6.07, 6.45) is 4.49. The molecule has 5 nitrogen and oxygen atoms in total. The lowest BCUT2D eigenvalue weighted by atomic mass is 10.3. The van der Waals surface area contributed by atoms with Crippen molar-refractivity contribution in [2.75, 3.05) is 24.5 Å². The van der Waals surface area contributed by atoms with Crippen LogP contribution < -0.4 is 15.5 Å². The van der Waals surface area contributed by atoms with E-state index >= 15 is 0 Å². The molecule has 6 heteroatoms. The fourth-order valence-electron chi connectivity index (χ4n) is 2.90. The highest BCUT2D eigenvalue weighted by atomic mass is 32.1. The Morgan fingerprint density at radius 1 is 1.24 bits per heavy atom. The third kappa shape index (κ3) is 4.95. The van der Waals surface area contributed by atoms with Crippen LogP contribution in [0.4, 0.5) is 5.82 Å². The lowest BCUT2D eigenvalue weighted by molar-refractivity contribution is 0.820. The molecule has 1 aliphatic rings. The number of aliphatic imine (C=N–C) groups is 1. The number of hydrogen-bond acceptors (Lipinski definition) is 4. The first kappa shape index (κ1) is 17.7. The number of aromatic nitrogens is 1. The number of rotatable bonds is 6. The molecular weight excluding hydrogens is 330 g/mol. The van der Waals surface area contributed by atoms with Crippen LogP contribution in [-0.2, 0) is 13.1 Å². The molecule has 1 fully saturated rings. The van der Waals surface area contributed by atoms with E-state index in [0.29, 0.717) is 6.54 Å².